The Balaban J connectivity index is 1.36. The number of aromatic amines is 2. The molecule has 2 aromatic carbocycles. The second kappa shape index (κ2) is 8.05. The minimum absolute atomic E-state index is 0.709. The number of piperidine rings is 1. The Labute approximate surface area is 169 Å². The minimum atomic E-state index is 0.709. The van der Waals surface area contributed by atoms with E-state index >= 15 is 0 Å². The molecule has 0 amide bonds. The van der Waals surface area contributed by atoms with Crippen LogP contribution in [-0.4, -0.2) is 56.7 Å². The van der Waals surface area contributed by atoms with Crippen molar-refractivity contribution in [2.24, 2.45) is 0 Å². The molecule has 0 aliphatic carbocycles. The molecule has 4 aromatic rings. The molecule has 0 radical (unpaired) electrons. The number of likely N-dealkylation sites (tertiary alicyclic amines) is 1. The Bertz CT molecular complexity index is 1080. The SMILES string of the molecule is c1cc(OCCN2CCCCC2)cc(-c2n[nH]c3ccc(-c4cn[nH]n4)cc23)c1. The molecule has 0 saturated carbocycles. The van der Waals surface area contributed by atoms with Gasteiger partial charge in [0.2, 0.25) is 0 Å². The molecule has 1 fully saturated rings. The van der Waals surface area contributed by atoms with Crippen molar-refractivity contribution in [1.82, 2.24) is 30.5 Å². The highest BCUT2D eigenvalue weighted by Crippen LogP contribution is 2.31. The summed E-state index contributed by atoms with van der Waals surface area (Å²) in [6, 6.07) is 14.3. The number of H-pyrrole nitrogens is 2. The molecule has 1 saturated heterocycles. The predicted octanol–water partition coefficient (Wildman–Crippen LogP) is 3.88. The molecule has 2 aromatic heterocycles. The number of benzene rings is 2. The van der Waals surface area contributed by atoms with Crippen LogP contribution in [0.3, 0.4) is 0 Å². The Morgan fingerprint density at radius 2 is 1.90 bits per heavy atom. The smallest absolute Gasteiger partial charge is 0.120 e. The summed E-state index contributed by atoms with van der Waals surface area (Å²) in [5.41, 5.74) is 4.75. The summed E-state index contributed by atoms with van der Waals surface area (Å²) in [5, 5.41) is 19.5. The molecule has 0 atom stereocenters. The minimum Gasteiger partial charge on any atom is -0.492 e. The molecule has 5 rings (SSSR count). The lowest BCUT2D eigenvalue weighted by Gasteiger charge is -2.26. The fraction of sp³-hybridized carbons (Fsp3) is 0.318. The first-order chi connectivity index (χ1) is 14.4. The summed E-state index contributed by atoms with van der Waals surface area (Å²) in [6.07, 6.45) is 5.68. The van der Waals surface area contributed by atoms with E-state index in [9.17, 15) is 0 Å². The quantitative estimate of drug-likeness (QED) is 0.524. The standard InChI is InChI=1S/C22H24N6O/c1-2-9-28(10-3-1)11-12-29-18-6-4-5-17(13-18)22-19-14-16(21-15-23-27-25-21)7-8-20(19)24-26-22/h4-8,13-15H,1-3,9-12H2,(H,24,26)(H,23,25,27). The molecule has 0 bridgehead atoms. The van der Waals surface area contributed by atoms with Gasteiger partial charge in [-0.2, -0.15) is 20.5 Å². The first-order valence-corrected chi connectivity index (χ1v) is 10.2. The number of nitrogens with zero attached hydrogens (tertiary/aromatic N) is 4. The fourth-order valence-corrected chi connectivity index (χ4v) is 3.94. The van der Waals surface area contributed by atoms with Gasteiger partial charge in [-0.1, -0.05) is 24.6 Å². The summed E-state index contributed by atoms with van der Waals surface area (Å²) >= 11 is 0. The van der Waals surface area contributed by atoms with E-state index in [4.69, 9.17) is 4.74 Å². The van der Waals surface area contributed by atoms with Gasteiger partial charge >= 0.3 is 0 Å². The number of rotatable bonds is 6. The molecular weight excluding hydrogens is 364 g/mol. The van der Waals surface area contributed by atoms with Crippen molar-refractivity contribution in [3.63, 3.8) is 0 Å². The number of hydrogen-bond acceptors (Lipinski definition) is 5. The van der Waals surface area contributed by atoms with Crippen molar-refractivity contribution in [1.29, 1.82) is 0 Å². The van der Waals surface area contributed by atoms with Crippen LogP contribution >= 0.6 is 0 Å². The van der Waals surface area contributed by atoms with Gasteiger partial charge in [-0.15, -0.1) is 0 Å². The van der Waals surface area contributed by atoms with E-state index in [2.05, 4.69) is 48.7 Å². The first kappa shape index (κ1) is 17.9. The predicted molar refractivity (Wildman–Crippen MR) is 113 cm³/mol. The highest BCUT2D eigenvalue weighted by molar-refractivity contribution is 5.95. The topological polar surface area (TPSA) is 82.7 Å². The molecule has 3 heterocycles. The van der Waals surface area contributed by atoms with Crippen molar-refractivity contribution < 1.29 is 4.74 Å². The summed E-state index contributed by atoms with van der Waals surface area (Å²) < 4.78 is 6.04. The zero-order valence-corrected chi connectivity index (χ0v) is 16.3. The van der Waals surface area contributed by atoms with E-state index in [1.807, 2.05) is 24.3 Å². The Kier molecular flexibility index (Phi) is 4.96. The Morgan fingerprint density at radius 1 is 0.966 bits per heavy atom. The van der Waals surface area contributed by atoms with Gasteiger partial charge in [0.15, 0.2) is 0 Å². The second-order valence-electron chi connectivity index (χ2n) is 7.47. The lowest BCUT2D eigenvalue weighted by atomic mass is 10.0. The van der Waals surface area contributed by atoms with Gasteiger partial charge in [-0.25, -0.2) is 0 Å². The molecule has 2 N–H and O–H groups in total. The molecule has 148 valence electrons. The van der Waals surface area contributed by atoms with E-state index in [-0.39, 0.29) is 0 Å². The third-order valence-electron chi connectivity index (χ3n) is 5.51. The van der Waals surface area contributed by atoms with Crippen molar-refractivity contribution >= 4 is 10.9 Å². The monoisotopic (exact) mass is 388 g/mol. The van der Waals surface area contributed by atoms with Gasteiger partial charge in [0.05, 0.1) is 11.7 Å². The van der Waals surface area contributed by atoms with Crippen LogP contribution in [0.1, 0.15) is 19.3 Å². The molecule has 7 heteroatoms. The maximum Gasteiger partial charge on any atom is 0.120 e. The Hall–Kier alpha value is -3.19. The molecule has 29 heavy (non-hydrogen) atoms. The van der Waals surface area contributed by atoms with Crippen molar-refractivity contribution in [2.75, 3.05) is 26.2 Å². The van der Waals surface area contributed by atoms with Crippen LogP contribution in [0.25, 0.3) is 33.4 Å². The van der Waals surface area contributed by atoms with E-state index in [1.165, 1.54) is 32.4 Å². The van der Waals surface area contributed by atoms with Crippen LogP contribution in [-0.2, 0) is 0 Å². The van der Waals surface area contributed by atoms with E-state index in [1.54, 1.807) is 6.20 Å². The van der Waals surface area contributed by atoms with Crippen LogP contribution in [0.15, 0.2) is 48.7 Å². The average Bonchev–Trinajstić information content (AvgIpc) is 3.44. The highest BCUT2D eigenvalue weighted by Gasteiger charge is 2.12. The maximum atomic E-state index is 6.04. The molecule has 1 aliphatic rings. The van der Waals surface area contributed by atoms with Gasteiger partial charge in [-0.05, 0) is 50.2 Å². The van der Waals surface area contributed by atoms with Crippen molar-refractivity contribution in [3.8, 4) is 28.3 Å². The van der Waals surface area contributed by atoms with E-state index < -0.39 is 0 Å². The zero-order chi connectivity index (χ0) is 19.5. The molecule has 7 nitrogen and oxygen atoms in total. The van der Waals surface area contributed by atoms with Crippen LogP contribution in [0, 0.1) is 0 Å². The second-order valence-corrected chi connectivity index (χ2v) is 7.47. The van der Waals surface area contributed by atoms with Crippen LogP contribution in [0.4, 0.5) is 0 Å². The van der Waals surface area contributed by atoms with Crippen LogP contribution < -0.4 is 4.74 Å². The van der Waals surface area contributed by atoms with Crippen LogP contribution in [0.2, 0.25) is 0 Å². The van der Waals surface area contributed by atoms with E-state index in [0.29, 0.717) is 6.61 Å². The normalized spacial score (nSPS) is 15.0. The highest BCUT2D eigenvalue weighted by atomic mass is 16.5. The average molecular weight is 388 g/mol. The molecule has 0 spiro atoms. The van der Waals surface area contributed by atoms with Gasteiger partial charge in [-0.3, -0.25) is 10.00 Å². The van der Waals surface area contributed by atoms with Gasteiger partial charge in [0, 0.05) is 23.1 Å². The third-order valence-corrected chi connectivity index (χ3v) is 5.51. The summed E-state index contributed by atoms with van der Waals surface area (Å²) in [7, 11) is 0. The fourth-order valence-electron chi connectivity index (χ4n) is 3.94. The maximum absolute atomic E-state index is 6.04. The van der Waals surface area contributed by atoms with Gasteiger partial charge in [0.1, 0.15) is 23.7 Å². The summed E-state index contributed by atoms with van der Waals surface area (Å²) in [5.74, 6) is 0.878. The van der Waals surface area contributed by atoms with Crippen molar-refractivity contribution in [2.45, 2.75) is 19.3 Å². The summed E-state index contributed by atoms with van der Waals surface area (Å²) in [6.45, 7) is 4.07. The van der Waals surface area contributed by atoms with Gasteiger partial charge < -0.3 is 4.74 Å². The zero-order valence-electron chi connectivity index (χ0n) is 16.3. The largest absolute Gasteiger partial charge is 0.492 e. The van der Waals surface area contributed by atoms with Crippen LogP contribution in [0.5, 0.6) is 5.75 Å². The van der Waals surface area contributed by atoms with Crippen molar-refractivity contribution in [3.05, 3.63) is 48.7 Å². The first-order valence-electron chi connectivity index (χ1n) is 10.2. The number of fused-ring (bicyclic) bond motifs is 1. The lowest BCUT2D eigenvalue weighted by Crippen LogP contribution is -2.33. The lowest BCUT2D eigenvalue weighted by molar-refractivity contribution is 0.183. The third kappa shape index (κ3) is 3.86. The molecule has 1 aliphatic heterocycles. The number of hydrogen-bond donors (Lipinski definition) is 2. The number of ether oxygens (including phenoxy) is 1. The summed E-state index contributed by atoms with van der Waals surface area (Å²) in [4.78, 5) is 2.49. The van der Waals surface area contributed by atoms with E-state index in [0.717, 1.165) is 45.7 Å². The number of aromatic nitrogens is 5. The Morgan fingerprint density at radius 3 is 2.76 bits per heavy atom. The molecule has 0 unspecified atom stereocenters. The van der Waals surface area contributed by atoms with Gasteiger partial charge in [0.25, 0.3) is 0 Å². The number of nitrogens with one attached hydrogen (secondary N) is 2. The molecular formula is C22H24N6O.